The van der Waals surface area contributed by atoms with Gasteiger partial charge in [0.2, 0.25) is 0 Å². The van der Waals surface area contributed by atoms with Crippen LogP contribution in [0.15, 0.2) is 0 Å². The molecule has 0 aliphatic carbocycles. The molecule has 0 heterocycles. The first-order valence-corrected chi connectivity index (χ1v) is 5.72. The van der Waals surface area contributed by atoms with Crippen LogP contribution in [0.3, 0.4) is 0 Å². The summed E-state index contributed by atoms with van der Waals surface area (Å²) in [6.45, 7) is -1.37. The van der Waals surface area contributed by atoms with Gasteiger partial charge in [-0.1, -0.05) is 11.8 Å². The second-order valence-corrected chi connectivity index (χ2v) is 4.68. The molecule has 0 amide bonds. The number of hydrogen-bond acceptors (Lipinski definition) is 2. The molecule has 8 heteroatoms. The molecule has 1 unspecified atom stereocenters. The summed E-state index contributed by atoms with van der Waals surface area (Å²) < 4.78 is 74.8. The Morgan fingerprint density at radius 2 is 1.82 bits per heavy atom. The highest BCUT2D eigenvalue weighted by Crippen LogP contribution is 2.40. The molecule has 0 aliphatic heterocycles. The minimum absolute atomic E-state index is 0.0625. The van der Waals surface area contributed by atoms with E-state index >= 15 is 0 Å². The van der Waals surface area contributed by atoms with Crippen molar-refractivity contribution in [2.75, 3.05) is 12.4 Å². The Morgan fingerprint density at radius 1 is 1.29 bits per heavy atom. The highest BCUT2D eigenvalue weighted by Gasteiger charge is 2.61. The van der Waals surface area contributed by atoms with Gasteiger partial charge < -0.3 is 0 Å². The molecule has 1 nitrogen and oxygen atoms in total. The number of carbonyl (C=O) groups excluding carboxylic acids is 1. The van der Waals surface area contributed by atoms with Gasteiger partial charge in [-0.3, -0.25) is 4.79 Å². The van der Waals surface area contributed by atoms with Crippen LogP contribution in [0.1, 0.15) is 19.8 Å². The zero-order valence-corrected chi connectivity index (χ0v) is 9.81. The molecule has 0 aromatic heterocycles. The fourth-order valence-corrected chi connectivity index (χ4v) is 1.58. The molecule has 102 valence electrons. The Balaban J connectivity index is 4.21. The van der Waals surface area contributed by atoms with Gasteiger partial charge in [0.1, 0.15) is 0 Å². The Morgan fingerprint density at radius 3 is 2.24 bits per heavy atom. The van der Waals surface area contributed by atoms with Gasteiger partial charge in [0.05, 0.1) is 0 Å². The number of alkyl halides is 6. The van der Waals surface area contributed by atoms with Gasteiger partial charge in [0.25, 0.3) is 0 Å². The Bertz CT molecular complexity index is 258. The third-order valence-electron chi connectivity index (χ3n) is 1.96. The first-order valence-electron chi connectivity index (χ1n) is 4.74. The summed E-state index contributed by atoms with van der Waals surface area (Å²) in [5.74, 6) is -9.96. The molecule has 0 saturated carbocycles. The smallest absolute Gasteiger partial charge is 0.288 e. The minimum atomic E-state index is -5.03. The van der Waals surface area contributed by atoms with Crippen molar-refractivity contribution in [2.45, 2.75) is 37.8 Å². The average molecular weight is 282 g/mol. The van der Waals surface area contributed by atoms with Gasteiger partial charge in [-0.25, -0.2) is 8.78 Å². The molecule has 0 spiro atoms. The highest BCUT2D eigenvalue weighted by molar-refractivity contribution is 8.13. The van der Waals surface area contributed by atoms with Crippen molar-refractivity contribution >= 4 is 16.9 Å². The molecule has 0 aromatic carbocycles. The monoisotopic (exact) mass is 282 g/mol. The second kappa shape index (κ2) is 6.51. The van der Waals surface area contributed by atoms with Crippen LogP contribution in [0, 0.1) is 0 Å². The van der Waals surface area contributed by atoms with E-state index in [4.69, 9.17) is 0 Å². The van der Waals surface area contributed by atoms with E-state index in [1.807, 2.05) is 0 Å². The molecule has 0 fully saturated rings. The molecule has 0 saturated heterocycles. The molecular weight excluding hydrogens is 270 g/mol. The maximum absolute atomic E-state index is 12.9. The third kappa shape index (κ3) is 4.77. The molecule has 1 atom stereocenters. The maximum atomic E-state index is 12.9. The quantitative estimate of drug-likeness (QED) is 0.524. The van der Waals surface area contributed by atoms with Crippen molar-refractivity contribution in [1.29, 1.82) is 0 Å². The molecule has 0 bridgehead atoms. The van der Waals surface area contributed by atoms with Crippen molar-refractivity contribution in [3.05, 3.63) is 0 Å². The lowest BCUT2D eigenvalue weighted by Gasteiger charge is -2.26. The molecule has 0 rings (SSSR count). The normalized spacial score (nSPS) is 14.8. The topological polar surface area (TPSA) is 17.1 Å². The zero-order chi connectivity index (χ0) is 13.7. The van der Waals surface area contributed by atoms with Gasteiger partial charge in [0.15, 0.2) is 18.0 Å². The van der Waals surface area contributed by atoms with E-state index in [2.05, 4.69) is 0 Å². The Labute approximate surface area is 98.9 Å². The largest absolute Gasteiger partial charge is 0.343 e. The summed E-state index contributed by atoms with van der Waals surface area (Å²) in [5, 5.41) is -0.277. The summed E-state index contributed by atoms with van der Waals surface area (Å²) in [4.78, 5) is 10.4. The lowest BCUT2D eigenvalue weighted by Crippen LogP contribution is -2.49. The molecule has 17 heavy (non-hydrogen) atoms. The number of thioether (sulfide) groups is 1. The van der Waals surface area contributed by atoms with Gasteiger partial charge >= 0.3 is 11.8 Å². The standard InChI is InChI=1S/C9H12F6OS/c1-6(16)17-4-2-3-7(11)9(14,15)8(12,13)5-10/h7H,2-5H2,1H3. The lowest BCUT2D eigenvalue weighted by molar-refractivity contribution is -0.244. The molecular formula is C9H12F6OS. The predicted molar refractivity (Wildman–Crippen MR) is 53.1 cm³/mol. The van der Waals surface area contributed by atoms with Gasteiger partial charge in [-0.15, -0.1) is 0 Å². The van der Waals surface area contributed by atoms with Crippen molar-refractivity contribution in [3.8, 4) is 0 Å². The Hall–Kier alpha value is -0.400. The minimum Gasteiger partial charge on any atom is -0.288 e. The van der Waals surface area contributed by atoms with Gasteiger partial charge in [-0.05, 0) is 12.8 Å². The van der Waals surface area contributed by atoms with Crippen molar-refractivity contribution < 1.29 is 31.1 Å². The summed E-state index contributed by atoms with van der Waals surface area (Å²) in [6, 6.07) is 0. The van der Waals surface area contributed by atoms with Gasteiger partial charge in [-0.2, -0.15) is 17.6 Å². The molecule has 0 radical (unpaired) electrons. The van der Waals surface area contributed by atoms with Crippen molar-refractivity contribution in [3.63, 3.8) is 0 Å². The van der Waals surface area contributed by atoms with Crippen LogP contribution in [0.25, 0.3) is 0 Å². The van der Waals surface area contributed by atoms with Crippen LogP contribution in [0.5, 0.6) is 0 Å². The first-order chi connectivity index (χ1) is 7.65. The lowest BCUT2D eigenvalue weighted by atomic mass is 10.0. The SMILES string of the molecule is CC(=O)SCCCC(F)C(F)(F)C(F)(F)CF. The van der Waals surface area contributed by atoms with Crippen LogP contribution >= 0.6 is 11.8 Å². The average Bonchev–Trinajstić information content (AvgIpc) is 2.23. The third-order valence-corrected chi connectivity index (χ3v) is 2.86. The van der Waals surface area contributed by atoms with Crippen LogP contribution < -0.4 is 0 Å². The summed E-state index contributed by atoms with van der Waals surface area (Å²) in [6.07, 6.45) is -4.13. The highest BCUT2D eigenvalue weighted by atomic mass is 32.2. The zero-order valence-electron chi connectivity index (χ0n) is 8.99. The number of rotatable bonds is 7. The van der Waals surface area contributed by atoms with E-state index < -0.39 is 31.1 Å². The first kappa shape index (κ1) is 16.6. The van der Waals surface area contributed by atoms with Crippen LogP contribution in [0.2, 0.25) is 0 Å². The number of hydrogen-bond donors (Lipinski definition) is 0. The van der Waals surface area contributed by atoms with E-state index in [0.717, 1.165) is 11.8 Å². The summed E-state index contributed by atoms with van der Waals surface area (Å²) in [5.41, 5.74) is 0. The number of carbonyl (C=O) groups is 1. The number of halogens is 6. The maximum Gasteiger partial charge on any atom is 0.343 e. The van der Waals surface area contributed by atoms with E-state index in [9.17, 15) is 31.1 Å². The second-order valence-electron chi connectivity index (χ2n) is 3.41. The van der Waals surface area contributed by atoms with Crippen LogP contribution in [-0.4, -0.2) is 35.6 Å². The molecule has 0 aliphatic rings. The summed E-state index contributed by atoms with van der Waals surface area (Å²) >= 11 is 0.785. The predicted octanol–water partition coefficient (Wildman–Crippen LogP) is 3.62. The molecule has 0 N–H and O–H groups in total. The van der Waals surface area contributed by atoms with E-state index in [0.29, 0.717) is 0 Å². The van der Waals surface area contributed by atoms with Crippen LogP contribution in [0.4, 0.5) is 26.3 Å². The van der Waals surface area contributed by atoms with Crippen molar-refractivity contribution in [2.24, 2.45) is 0 Å². The van der Waals surface area contributed by atoms with E-state index in [1.165, 1.54) is 6.92 Å². The fraction of sp³-hybridized carbons (Fsp3) is 0.889. The van der Waals surface area contributed by atoms with Gasteiger partial charge in [0, 0.05) is 12.7 Å². The van der Waals surface area contributed by atoms with Crippen LogP contribution in [-0.2, 0) is 4.79 Å². The van der Waals surface area contributed by atoms with E-state index in [-0.39, 0.29) is 17.3 Å². The fourth-order valence-electron chi connectivity index (χ4n) is 0.978. The molecule has 0 aromatic rings. The summed E-state index contributed by atoms with van der Waals surface area (Å²) in [7, 11) is 0. The van der Waals surface area contributed by atoms with Crippen molar-refractivity contribution in [1.82, 2.24) is 0 Å². The van der Waals surface area contributed by atoms with E-state index in [1.54, 1.807) is 0 Å². The Kier molecular flexibility index (Phi) is 6.36.